The number of hydrogen-bond donors (Lipinski definition) is 1. The lowest BCUT2D eigenvalue weighted by Crippen LogP contribution is -2.41. The number of rotatable bonds is 7. The molecule has 0 bridgehead atoms. The summed E-state index contributed by atoms with van der Waals surface area (Å²) in [4.78, 5) is 33.0. The molecule has 0 saturated carbocycles. The zero-order valence-corrected chi connectivity index (χ0v) is 29.1. The maximum absolute atomic E-state index is 13.7. The third-order valence-corrected chi connectivity index (χ3v) is 10.4. The summed E-state index contributed by atoms with van der Waals surface area (Å²) in [5.74, 6) is 0.667. The summed E-state index contributed by atoms with van der Waals surface area (Å²) < 4.78 is 19.1. The molecule has 1 atom stereocenters. The first-order valence-corrected chi connectivity index (χ1v) is 16.6. The Morgan fingerprint density at radius 1 is 0.979 bits per heavy atom. The third kappa shape index (κ3) is 6.11. The number of aldehydes is 1. The second-order valence-electron chi connectivity index (χ2n) is 15.1. The number of benzene rings is 2. The maximum atomic E-state index is 13.7. The average molecular weight is 636 g/mol. The minimum atomic E-state index is -0.648. The number of piperidine rings is 1. The van der Waals surface area contributed by atoms with Crippen LogP contribution in [0.25, 0.3) is 22.2 Å². The number of carbonyl (C=O) groups is 1. The predicted octanol–water partition coefficient (Wildman–Crippen LogP) is 7.38. The molecule has 0 amide bonds. The van der Waals surface area contributed by atoms with Gasteiger partial charge in [-0.05, 0) is 102 Å². The molecule has 2 aromatic heterocycles. The van der Waals surface area contributed by atoms with Gasteiger partial charge < -0.3 is 23.9 Å². The van der Waals surface area contributed by atoms with Gasteiger partial charge in [0.2, 0.25) is 5.88 Å². The summed E-state index contributed by atoms with van der Waals surface area (Å²) in [6.45, 7) is 20.2. The van der Waals surface area contributed by atoms with E-state index in [1.54, 1.807) is 6.20 Å². The number of aromatic nitrogens is 1. The number of pyridine rings is 1. The van der Waals surface area contributed by atoms with Crippen LogP contribution in [0.1, 0.15) is 94.4 Å². The summed E-state index contributed by atoms with van der Waals surface area (Å²) >= 11 is 0. The molecule has 8 nitrogen and oxygen atoms in total. The molecular weight excluding hydrogens is 589 g/mol. The molecule has 4 heterocycles. The van der Waals surface area contributed by atoms with Crippen LogP contribution in [0.5, 0.6) is 0 Å². The molecular formula is C38H46BN3O5. The monoisotopic (exact) mass is 635 g/mol. The summed E-state index contributed by atoms with van der Waals surface area (Å²) in [6.07, 6.45) is 4.66. The van der Waals surface area contributed by atoms with E-state index in [1.807, 2.05) is 77.9 Å². The normalized spacial score (nSPS) is 19.2. The highest BCUT2D eigenvalue weighted by Crippen LogP contribution is 2.38. The van der Waals surface area contributed by atoms with Gasteiger partial charge in [-0.2, -0.15) is 0 Å². The van der Waals surface area contributed by atoms with Crippen molar-refractivity contribution in [3.05, 3.63) is 81.1 Å². The summed E-state index contributed by atoms with van der Waals surface area (Å²) in [5.41, 5.74) is 5.84. The quantitative estimate of drug-likeness (QED) is 0.166. The maximum Gasteiger partial charge on any atom is 0.495 e. The van der Waals surface area contributed by atoms with Crippen molar-refractivity contribution in [1.29, 1.82) is 0 Å². The van der Waals surface area contributed by atoms with Crippen LogP contribution in [0.2, 0.25) is 0 Å². The zero-order valence-electron chi connectivity index (χ0n) is 29.1. The molecule has 9 heteroatoms. The van der Waals surface area contributed by atoms with Crippen molar-refractivity contribution in [1.82, 2.24) is 4.98 Å². The van der Waals surface area contributed by atoms with E-state index in [1.165, 1.54) is 0 Å². The van der Waals surface area contributed by atoms with Crippen LogP contribution in [-0.2, 0) is 9.31 Å². The highest BCUT2D eigenvalue weighted by atomic mass is 16.7. The van der Waals surface area contributed by atoms with Crippen LogP contribution in [0, 0.1) is 19.3 Å². The number of aryl methyl sites for hydroxylation is 1. The number of nitrogens with one attached hydrogen (secondary N) is 1. The first-order valence-electron chi connectivity index (χ1n) is 16.6. The Bertz CT molecular complexity index is 1890. The van der Waals surface area contributed by atoms with Crippen molar-refractivity contribution >= 4 is 41.4 Å². The zero-order chi connectivity index (χ0) is 33.9. The van der Waals surface area contributed by atoms with E-state index in [0.29, 0.717) is 39.1 Å². The highest BCUT2D eigenvalue weighted by molar-refractivity contribution is 6.63. The van der Waals surface area contributed by atoms with Crippen molar-refractivity contribution in [2.45, 2.75) is 92.4 Å². The topological polar surface area (TPSA) is 93.9 Å². The molecule has 246 valence electrons. The molecule has 0 aliphatic carbocycles. The van der Waals surface area contributed by atoms with E-state index in [0.717, 1.165) is 54.6 Å². The second kappa shape index (κ2) is 11.9. The van der Waals surface area contributed by atoms with Crippen molar-refractivity contribution in [2.75, 3.05) is 23.3 Å². The van der Waals surface area contributed by atoms with Gasteiger partial charge in [0.15, 0.2) is 5.43 Å². The van der Waals surface area contributed by atoms with Gasteiger partial charge in [-0.1, -0.05) is 32.0 Å². The fourth-order valence-electron chi connectivity index (χ4n) is 6.57. The summed E-state index contributed by atoms with van der Waals surface area (Å²) in [7, 11) is -0.648. The van der Waals surface area contributed by atoms with Crippen molar-refractivity contribution in [3.8, 4) is 11.3 Å². The second-order valence-corrected chi connectivity index (χ2v) is 15.1. The van der Waals surface area contributed by atoms with Crippen molar-refractivity contribution in [2.24, 2.45) is 5.41 Å². The van der Waals surface area contributed by atoms with E-state index < -0.39 is 18.3 Å². The van der Waals surface area contributed by atoms with E-state index >= 15 is 0 Å². The lowest BCUT2D eigenvalue weighted by molar-refractivity contribution is 0.00578. The van der Waals surface area contributed by atoms with Crippen LogP contribution >= 0.6 is 0 Å². The van der Waals surface area contributed by atoms with Crippen LogP contribution in [0.15, 0.2) is 57.9 Å². The van der Waals surface area contributed by atoms with Gasteiger partial charge in [-0.3, -0.25) is 14.6 Å². The van der Waals surface area contributed by atoms with E-state index in [4.69, 9.17) is 18.7 Å². The molecule has 4 aromatic rings. The van der Waals surface area contributed by atoms with Gasteiger partial charge in [0, 0.05) is 36.0 Å². The third-order valence-electron chi connectivity index (χ3n) is 10.4. The van der Waals surface area contributed by atoms with Gasteiger partial charge >= 0.3 is 7.12 Å². The first-order chi connectivity index (χ1) is 22.1. The number of fused-ring (bicyclic) bond motifs is 1. The Morgan fingerprint density at radius 3 is 2.32 bits per heavy atom. The molecule has 2 aromatic carbocycles. The first kappa shape index (κ1) is 33.0. The van der Waals surface area contributed by atoms with E-state index in [-0.39, 0.29) is 16.9 Å². The Balaban J connectivity index is 1.34. The minimum absolute atomic E-state index is 0.00813. The largest absolute Gasteiger partial charge is 0.495 e. The predicted molar refractivity (Wildman–Crippen MR) is 190 cm³/mol. The van der Waals surface area contributed by atoms with Gasteiger partial charge in [0.1, 0.15) is 11.9 Å². The van der Waals surface area contributed by atoms with Gasteiger partial charge in [-0.25, -0.2) is 0 Å². The molecule has 0 unspecified atom stereocenters. The number of anilines is 2. The Kier molecular flexibility index (Phi) is 8.38. The Labute approximate surface area is 278 Å². The lowest BCUT2D eigenvalue weighted by atomic mass is 9.75. The summed E-state index contributed by atoms with van der Waals surface area (Å²) in [6, 6.07) is 13.3. The number of carbonyl (C=O) groups excluding carboxylic acids is 1. The number of hydrogen-bond acceptors (Lipinski definition) is 8. The average Bonchev–Trinajstić information content (AvgIpc) is 3.24. The van der Waals surface area contributed by atoms with Crippen LogP contribution in [0.3, 0.4) is 0 Å². The van der Waals surface area contributed by atoms with Gasteiger partial charge in [0.05, 0.1) is 39.6 Å². The SMILES string of the molecule is Cc1cc([C@@H](C)Nc2cccnc2-c2ccc(B3OC(C)(C)C(C)(C)O3)c(C=O)c2)c2oc(N3CCC(C)(C)CC3)c(C)c(=O)c2c1. The molecule has 2 fully saturated rings. The Morgan fingerprint density at radius 2 is 1.66 bits per heavy atom. The molecule has 6 rings (SSSR count). The molecule has 0 radical (unpaired) electrons. The fraction of sp³-hybridized carbons (Fsp3) is 0.447. The van der Waals surface area contributed by atoms with Crippen molar-refractivity contribution in [3.63, 3.8) is 0 Å². The van der Waals surface area contributed by atoms with Crippen molar-refractivity contribution < 1.29 is 18.5 Å². The Hall–Kier alpha value is -3.95. The van der Waals surface area contributed by atoms with Crippen LogP contribution < -0.4 is 21.1 Å². The lowest BCUT2D eigenvalue weighted by Gasteiger charge is -2.37. The van der Waals surface area contributed by atoms with Gasteiger partial charge in [-0.15, -0.1) is 0 Å². The number of nitrogens with zero attached hydrogens (tertiary/aromatic N) is 2. The van der Waals surface area contributed by atoms with Crippen LogP contribution in [-0.4, -0.2) is 42.7 Å². The fourth-order valence-corrected chi connectivity index (χ4v) is 6.57. The van der Waals surface area contributed by atoms with E-state index in [2.05, 4.69) is 37.1 Å². The molecule has 2 aliphatic rings. The highest BCUT2D eigenvalue weighted by Gasteiger charge is 2.52. The van der Waals surface area contributed by atoms with E-state index in [9.17, 15) is 9.59 Å². The molecule has 2 saturated heterocycles. The molecule has 1 N–H and O–H groups in total. The summed E-state index contributed by atoms with van der Waals surface area (Å²) in [5, 5.41) is 4.23. The molecule has 2 aliphatic heterocycles. The smallest absolute Gasteiger partial charge is 0.440 e. The van der Waals surface area contributed by atoms with Gasteiger partial charge in [0.25, 0.3) is 0 Å². The van der Waals surface area contributed by atoms with Crippen LogP contribution in [0.4, 0.5) is 11.6 Å². The minimum Gasteiger partial charge on any atom is -0.440 e. The molecule has 0 spiro atoms. The molecule has 47 heavy (non-hydrogen) atoms. The standard InChI is InChI=1S/C38H46BN3O5/c1-23-19-28(34-29(20-23)33(44)24(2)35(45-34)42-17-14-36(4,5)15-18-42)25(3)41-31-11-10-16-40-32(31)26-12-13-30(27(21-26)22-43)39-46-37(6,7)38(8,9)47-39/h10-13,16,19-22,25,41H,14-15,17-18H2,1-9H3/t25-/m1/s1.